The van der Waals surface area contributed by atoms with Crippen molar-refractivity contribution in [2.24, 2.45) is 0 Å². The summed E-state index contributed by atoms with van der Waals surface area (Å²) in [7, 11) is 0. The molecule has 9 heteroatoms. The van der Waals surface area contributed by atoms with Gasteiger partial charge >= 0.3 is 6.03 Å². The van der Waals surface area contributed by atoms with Gasteiger partial charge < -0.3 is 4.74 Å². The monoisotopic (exact) mass is 436 g/mol. The highest BCUT2D eigenvalue weighted by Gasteiger charge is 2.25. The number of fused-ring (bicyclic) bond motifs is 2. The van der Waals surface area contributed by atoms with Gasteiger partial charge in [-0.05, 0) is 30.3 Å². The number of nitrogens with one attached hydrogen (secondary N) is 1. The molecule has 7 nitrogen and oxygen atoms in total. The van der Waals surface area contributed by atoms with E-state index >= 15 is 0 Å². The number of carbonyl (C=O) groups is 2. The van der Waals surface area contributed by atoms with E-state index in [0.717, 1.165) is 20.8 Å². The zero-order chi connectivity index (χ0) is 20.7. The average molecular weight is 437 g/mol. The van der Waals surface area contributed by atoms with Crippen molar-refractivity contribution in [1.29, 1.82) is 0 Å². The number of hydrogen-bond donors (Lipinski definition) is 1. The molecule has 0 aliphatic carbocycles. The van der Waals surface area contributed by atoms with Crippen LogP contribution in [0.5, 0.6) is 5.75 Å². The van der Waals surface area contributed by atoms with Crippen LogP contribution >= 0.6 is 22.7 Å². The van der Waals surface area contributed by atoms with Crippen molar-refractivity contribution < 1.29 is 14.3 Å². The molecule has 0 atom stereocenters. The third-order valence-electron chi connectivity index (χ3n) is 4.69. The van der Waals surface area contributed by atoms with Crippen molar-refractivity contribution in [2.45, 2.75) is 6.92 Å². The summed E-state index contributed by atoms with van der Waals surface area (Å²) in [6, 6.07) is 13.1. The summed E-state index contributed by atoms with van der Waals surface area (Å²) >= 11 is 2.83. The number of hydrogen-bond acceptors (Lipinski definition) is 7. The van der Waals surface area contributed by atoms with E-state index in [4.69, 9.17) is 4.74 Å². The Morgan fingerprint density at radius 2 is 2.03 bits per heavy atom. The number of aromatic nitrogens is 2. The quantitative estimate of drug-likeness (QED) is 0.454. The fourth-order valence-electron chi connectivity index (χ4n) is 3.21. The van der Waals surface area contributed by atoms with Gasteiger partial charge in [0.2, 0.25) is 0 Å². The summed E-state index contributed by atoms with van der Waals surface area (Å²) in [6.45, 7) is 2.32. The first-order valence-corrected chi connectivity index (χ1v) is 11.0. The van der Waals surface area contributed by atoms with E-state index < -0.39 is 0 Å². The van der Waals surface area contributed by atoms with Gasteiger partial charge in [-0.25, -0.2) is 14.8 Å². The van der Waals surface area contributed by atoms with Gasteiger partial charge in [0.15, 0.2) is 10.9 Å². The molecule has 150 valence electrons. The lowest BCUT2D eigenvalue weighted by molar-refractivity contribution is 0.101. The van der Waals surface area contributed by atoms with E-state index in [2.05, 4.69) is 15.3 Å². The number of nitrogens with zero attached hydrogens (tertiary/aromatic N) is 3. The summed E-state index contributed by atoms with van der Waals surface area (Å²) < 4.78 is 6.75. The lowest BCUT2D eigenvalue weighted by Crippen LogP contribution is -2.40. The fourth-order valence-corrected chi connectivity index (χ4v) is 4.93. The molecule has 0 bridgehead atoms. The van der Waals surface area contributed by atoms with Crippen LogP contribution in [0.15, 0.2) is 47.8 Å². The van der Waals surface area contributed by atoms with Crippen LogP contribution in [-0.2, 0) is 0 Å². The van der Waals surface area contributed by atoms with E-state index in [-0.39, 0.29) is 11.8 Å². The number of anilines is 2. The lowest BCUT2D eigenvalue weighted by Gasteiger charge is -2.29. The number of ether oxygens (including phenoxy) is 1. The molecular formula is C21H16N4O3S2. The molecule has 1 aliphatic rings. The van der Waals surface area contributed by atoms with Crippen molar-refractivity contribution in [2.75, 3.05) is 23.4 Å². The van der Waals surface area contributed by atoms with Crippen LogP contribution < -0.4 is 15.0 Å². The van der Waals surface area contributed by atoms with Crippen LogP contribution in [0.2, 0.25) is 0 Å². The van der Waals surface area contributed by atoms with Gasteiger partial charge in [-0.15, -0.1) is 11.3 Å². The van der Waals surface area contributed by atoms with Crippen LogP contribution in [-0.4, -0.2) is 34.9 Å². The minimum Gasteiger partial charge on any atom is -0.490 e. The summed E-state index contributed by atoms with van der Waals surface area (Å²) in [4.78, 5) is 35.1. The molecular weight excluding hydrogens is 420 g/mol. The number of carbonyl (C=O) groups excluding carboxylic acids is 2. The Balaban J connectivity index is 1.44. The summed E-state index contributed by atoms with van der Waals surface area (Å²) in [5.74, 6) is 0.559. The van der Waals surface area contributed by atoms with Gasteiger partial charge in [-0.1, -0.05) is 23.5 Å². The number of Topliss-reactive ketones (excluding diaryl/α,β-unsaturated/α-hetero) is 1. The molecule has 1 aliphatic heterocycles. The molecule has 0 saturated heterocycles. The Bertz CT molecular complexity index is 1250. The first kappa shape index (κ1) is 18.7. The van der Waals surface area contributed by atoms with Crippen molar-refractivity contribution in [3.05, 3.63) is 53.5 Å². The number of para-hydroxylation sites is 1. The van der Waals surface area contributed by atoms with Crippen molar-refractivity contribution in [3.63, 3.8) is 0 Å². The number of urea groups is 1. The van der Waals surface area contributed by atoms with Crippen LogP contribution in [0, 0.1) is 0 Å². The highest BCUT2D eigenvalue weighted by atomic mass is 32.1. The zero-order valence-electron chi connectivity index (χ0n) is 15.9. The molecule has 2 aromatic heterocycles. The lowest BCUT2D eigenvalue weighted by atomic mass is 10.1. The molecule has 0 radical (unpaired) electrons. The number of benzene rings is 2. The zero-order valence-corrected chi connectivity index (χ0v) is 17.5. The second kappa shape index (κ2) is 7.51. The molecule has 2 aromatic carbocycles. The van der Waals surface area contributed by atoms with Crippen molar-refractivity contribution in [3.8, 4) is 16.3 Å². The second-order valence-corrected chi connectivity index (χ2v) is 8.58. The minimum absolute atomic E-state index is 0.0735. The maximum Gasteiger partial charge on any atom is 0.328 e. The van der Waals surface area contributed by atoms with E-state index in [1.807, 2.05) is 42.5 Å². The van der Waals surface area contributed by atoms with Crippen LogP contribution in [0.3, 0.4) is 0 Å². The Morgan fingerprint density at radius 3 is 2.83 bits per heavy atom. The Hall–Kier alpha value is -3.30. The summed E-state index contributed by atoms with van der Waals surface area (Å²) in [5, 5.41) is 5.92. The summed E-state index contributed by atoms with van der Waals surface area (Å²) in [6.07, 6.45) is 0. The molecule has 3 heterocycles. The van der Waals surface area contributed by atoms with Gasteiger partial charge in [0, 0.05) is 17.9 Å². The number of amides is 2. The van der Waals surface area contributed by atoms with Gasteiger partial charge in [0.1, 0.15) is 23.1 Å². The largest absolute Gasteiger partial charge is 0.490 e. The van der Waals surface area contributed by atoms with Gasteiger partial charge in [-0.3, -0.25) is 15.0 Å². The molecule has 0 saturated carbocycles. The van der Waals surface area contributed by atoms with E-state index in [1.165, 1.54) is 29.6 Å². The van der Waals surface area contributed by atoms with Crippen LogP contribution in [0.1, 0.15) is 17.4 Å². The highest BCUT2D eigenvalue weighted by Crippen LogP contribution is 2.37. The molecule has 0 unspecified atom stereocenters. The minimum atomic E-state index is -0.265. The molecule has 0 spiro atoms. The smallest absolute Gasteiger partial charge is 0.328 e. The third-order valence-corrected chi connectivity index (χ3v) is 6.53. The van der Waals surface area contributed by atoms with Crippen LogP contribution in [0.25, 0.3) is 20.8 Å². The molecule has 0 fully saturated rings. The van der Waals surface area contributed by atoms with Gasteiger partial charge in [-0.2, -0.15) is 0 Å². The Kier molecular flexibility index (Phi) is 4.68. The first-order chi connectivity index (χ1) is 14.6. The number of rotatable bonds is 3. The molecule has 30 heavy (non-hydrogen) atoms. The first-order valence-electron chi connectivity index (χ1n) is 9.26. The maximum absolute atomic E-state index is 13.0. The van der Waals surface area contributed by atoms with E-state index in [0.29, 0.717) is 35.4 Å². The molecule has 2 amide bonds. The predicted octanol–water partition coefficient (Wildman–Crippen LogP) is 5.05. The normalized spacial score (nSPS) is 13.0. The Morgan fingerprint density at radius 1 is 1.17 bits per heavy atom. The van der Waals surface area contributed by atoms with Crippen LogP contribution in [0.4, 0.5) is 15.6 Å². The topological polar surface area (TPSA) is 84.4 Å². The summed E-state index contributed by atoms with van der Waals surface area (Å²) in [5.41, 5.74) is 2.79. The molecule has 5 rings (SSSR count). The fraction of sp³-hybridized carbons (Fsp3) is 0.143. The maximum atomic E-state index is 13.0. The number of ketones is 1. The number of thiazole rings is 2. The van der Waals surface area contributed by atoms with E-state index in [1.54, 1.807) is 10.3 Å². The standard InChI is InChI=1S/C21H16N4O3S2/c1-12(26)15-11-29-19(22-15)13-6-7-17-16(10-13)25(8-9-28-17)21(27)24-20-23-14-4-2-3-5-18(14)30-20/h2-7,10-11H,8-9H2,1H3,(H,23,24,27). The van der Waals surface area contributed by atoms with Gasteiger partial charge in [0.25, 0.3) is 0 Å². The third kappa shape index (κ3) is 3.42. The molecule has 4 aromatic rings. The second-order valence-electron chi connectivity index (χ2n) is 6.69. The van der Waals surface area contributed by atoms with Gasteiger partial charge in [0.05, 0.1) is 22.4 Å². The highest BCUT2D eigenvalue weighted by molar-refractivity contribution is 7.22. The SMILES string of the molecule is CC(=O)c1csc(-c2ccc3c(c2)N(C(=O)Nc2nc4ccccc4s2)CCO3)n1. The van der Waals surface area contributed by atoms with Crippen molar-refractivity contribution >= 4 is 55.5 Å². The van der Waals surface area contributed by atoms with E-state index in [9.17, 15) is 9.59 Å². The average Bonchev–Trinajstić information content (AvgIpc) is 3.40. The predicted molar refractivity (Wildman–Crippen MR) is 119 cm³/mol. The Labute approximate surface area is 180 Å². The molecule has 1 N–H and O–H groups in total. The van der Waals surface area contributed by atoms with Crippen molar-refractivity contribution in [1.82, 2.24) is 9.97 Å².